The van der Waals surface area contributed by atoms with Crippen LogP contribution in [-0.2, 0) is 22.8 Å². The Labute approximate surface area is 137 Å². The average Bonchev–Trinajstić information content (AvgIpc) is 2.55. The van der Waals surface area contributed by atoms with E-state index >= 15 is 0 Å². The molecule has 120 valence electrons. The summed E-state index contributed by atoms with van der Waals surface area (Å²) in [7, 11) is 0. The maximum atomic E-state index is 13.7. The average molecular weight is 333 g/mol. The van der Waals surface area contributed by atoms with E-state index < -0.39 is 5.91 Å². The number of carbonyl (C=O) groups is 1. The van der Waals surface area contributed by atoms with E-state index in [1.165, 1.54) is 12.1 Å². The number of hydrogen-bond acceptors (Lipinski definition) is 4. The molecule has 0 spiro atoms. The van der Waals surface area contributed by atoms with Gasteiger partial charge in [-0.2, -0.15) is 11.8 Å². The molecule has 6 heteroatoms. The Bertz CT molecular complexity index is 719. The van der Waals surface area contributed by atoms with Crippen LogP contribution < -0.4 is 10.5 Å². The van der Waals surface area contributed by atoms with E-state index in [0.717, 1.165) is 28.2 Å². The van der Waals surface area contributed by atoms with Crippen LogP contribution in [0.25, 0.3) is 0 Å². The number of fused-ring (bicyclic) bond motifs is 1. The lowest BCUT2D eigenvalue weighted by atomic mass is 10.1. The molecule has 2 N–H and O–H groups in total. The van der Waals surface area contributed by atoms with Crippen LogP contribution in [0.3, 0.4) is 0 Å². The van der Waals surface area contributed by atoms with E-state index in [2.05, 4.69) is 0 Å². The molecule has 1 aliphatic heterocycles. The number of hydrogen-bond donors (Lipinski definition) is 1. The molecule has 0 aliphatic carbocycles. The minimum Gasteiger partial charge on any atom is -0.467 e. The first kappa shape index (κ1) is 15.8. The van der Waals surface area contributed by atoms with Gasteiger partial charge in [0.05, 0.1) is 6.61 Å². The third-order valence-corrected chi connectivity index (χ3v) is 4.57. The predicted octanol–water partition coefficient (Wildman–Crippen LogP) is 3.22. The van der Waals surface area contributed by atoms with Crippen LogP contribution in [0.4, 0.5) is 4.39 Å². The van der Waals surface area contributed by atoms with Crippen molar-refractivity contribution >= 4 is 17.7 Å². The monoisotopic (exact) mass is 333 g/mol. The van der Waals surface area contributed by atoms with Crippen molar-refractivity contribution in [3.63, 3.8) is 0 Å². The molecule has 0 saturated heterocycles. The van der Waals surface area contributed by atoms with Crippen LogP contribution >= 0.6 is 11.8 Å². The Morgan fingerprint density at radius 1 is 1.22 bits per heavy atom. The van der Waals surface area contributed by atoms with Crippen LogP contribution in [0.2, 0.25) is 0 Å². The fourth-order valence-corrected chi connectivity index (χ4v) is 3.37. The zero-order valence-electron chi connectivity index (χ0n) is 12.4. The van der Waals surface area contributed by atoms with Crippen molar-refractivity contribution in [2.24, 2.45) is 5.73 Å². The Balaban J connectivity index is 1.64. The van der Waals surface area contributed by atoms with Crippen LogP contribution in [0.5, 0.6) is 5.75 Å². The number of primary amides is 1. The molecule has 0 unspecified atom stereocenters. The molecule has 0 aromatic heterocycles. The summed E-state index contributed by atoms with van der Waals surface area (Å²) in [5, 5.41) is 0. The SMILES string of the molecule is NC(=O)c1ccc(CSCc2cc(F)cc3c2OCOC3)cc1. The number of ether oxygens (including phenoxy) is 2. The van der Waals surface area contributed by atoms with Gasteiger partial charge in [-0.05, 0) is 29.8 Å². The van der Waals surface area contributed by atoms with Gasteiger partial charge in [-0.25, -0.2) is 4.39 Å². The van der Waals surface area contributed by atoms with E-state index in [1.807, 2.05) is 12.1 Å². The van der Waals surface area contributed by atoms with Gasteiger partial charge in [-0.3, -0.25) is 4.79 Å². The Kier molecular flexibility index (Phi) is 4.83. The maximum Gasteiger partial charge on any atom is 0.248 e. The van der Waals surface area contributed by atoms with E-state index in [4.69, 9.17) is 15.2 Å². The zero-order chi connectivity index (χ0) is 16.2. The lowest BCUT2D eigenvalue weighted by Gasteiger charge is -2.20. The first-order valence-electron chi connectivity index (χ1n) is 7.12. The molecule has 2 aromatic rings. The van der Waals surface area contributed by atoms with Gasteiger partial charge in [-0.15, -0.1) is 0 Å². The maximum absolute atomic E-state index is 13.7. The lowest BCUT2D eigenvalue weighted by Crippen LogP contribution is -2.13. The highest BCUT2D eigenvalue weighted by molar-refractivity contribution is 7.97. The summed E-state index contributed by atoms with van der Waals surface area (Å²) in [4.78, 5) is 11.0. The zero-order valence-corrected chi connectivity index (χ0v) is 13.2. The third kappa shape index (κ3) is 3.83. The molecule has 0 bridgehead atoms. The van der Waals surface area contributed by atoms with E-state index in [1.54, 1.807) is 23.9 Å². The molecule has 1 heterocycles. The summed E-state index contributed by atoms with van der Waals surface area (Å²) in [6.45, 7) is 0.574. The predicted molar refractivity (Wildman–Crippen MR) is 86.6 cm³/mol. The molecule has 23 heavy (non-hydrogen) atoms. The van der Waals surface area contributed by atoms with Crippen molar-refractivity contribution in [3.05, 3.63) is 64.5 Å². The normalized spacial score (nSPS) is 13.3. The highest BCUT2D eigenvalue weighted by atomic mass is 32.2. The fraction of sp³-hybridized carbons (Fsp3) is 0.235. The highest BCUT2D eigenvalue weighted by Gasteiger charge is 2.16. The topological polar surface area (TPSA) is 61.6 Å². The number of rotatable bonds is 5. The van der Waals surface area contributed by atoms with E-state index in [9.17, 15) is 9.18 Å². The molecule has 1 amide bonds. The summed E-state index contributed by atoms with van der Waals surface area (Å²) < 4.78 is 24.3. The van der Waals surface area contributed by atoms with Crippen molar-refractivity contribution < 1.29 is 18.7 Å². The lowest BCUT2D eigenvalue weighted by molar-refractivity contribution is -0.0171. The second kappa shape index (κ2) is 7.02. The van der Waals surface area contributed by atoms with Gasteiger partial charge in [0, 0.05) is 28.2 Å². The van der Waals surface area contributed by atoms with Crippen molar-refractivity contribution in [2.75, 3.05) is 6.79 Å². The Morgan fingerprint density at radius 2 is 2.00 bits per heavy atom. The number of benzene rings is 2. The Hall–Kier alpha value is -2.05. The molecule has 0 fully saturated rings. The largest absolute Gasteiger partial charge is 0.467 e. The van der Waals surface area contributed by atoms with Gasteiger partial charge in [0.2, 0.25) is 5.91 Å². The number of carbonyl (C=O) groups excluding carboxylic acids is 1. The second-order valence-corrected chi connectivity index (χ2v) is 6.20. The van der Waals surface area contributed by atoms with Gasteiger partial charge in [0.25, 0.3) is 0 Å². The van der Waals surface area contributed by atoms with Gasteiger partial charge in [-0.1, -0.05) is 12.1 Å². The van der Waals surface area contributed by atoms with Crippen molar-refractivity contribution in [2.45, 2.75) is 18.1 Å². The molecular formula is C17H16FNO3S. The van der Waals surface area contributed by atoms with Crippen LogP contribution in [0.15, 0.2) is 36.4 Å². The van der Waals surface area contributed by atoms with Gasteiger partial charge >= 0.3 is 0 Å². The smallest absolute Gasteiger partial charge is 0.248 e. The minimum absolute atomic E-state index is 0.199. The number of thioether (sulfide) groups is 1. The summed E-state index contributed by atoms with van der Waals surface area (Å²) >= 11 is 1.65. The summed E-state index contributed by atoms with van der Waals surface area (Å²) in [5.74, 6) is 1.40. The fourth-order valence-electron chi connectivity index (χ4n) is 2.41. The molecule has 2 aromatic carbocycles. The molecule has 0 atom stereocenters. The number of nitrogens with two attached hydrogens (primary N) is 1. The molecule has 0 radical (unpaired) electrons. The van der Waals surface area contributed by atoms with Crippen molar-refractivity contribution in [1.29, 1.82) is 0 Å². The molecule has 4 nitrogen and oxygen atoms in total. The van der Waals surface area contributed by atoms with Crippen LogP contribution in [0, 0.1) is 5.82 Å². The third-order valence-electron chi connectivity index (χ3n) is 3.52. The van der Waals surface area contributed by atoms with Gasteiger partial charge in [0.15, 0.2) is 6.79 Å². The van der Waals surface area contributed by atoms with Crippen LogP contribution in [0.1, 0.15) is 27.0 Å². The summed E-state index contributed by atoms with van der Waals surface area (Å²) in [5.41, 5.74) is 8.37. The molecule has 0 saturated carbocycles. The molecule has 1 aliphatic rings. The first-order chi connectivity index (χ1) is 11.1. The van der Waals surface area contributed by atoms with E-state index in [-0.39, 0.29) is 12.6 Å². The quantitative estimate of drug-likeness (QED) is 0.912. The summed E-state index contributed by atoms with van der Waals surface area (Å²) in [6, 6.07) is 10.1. The standard InChI is InChI=1S/C17H16FNO3S/c18-15-5-13-7-21-10-22-16(13)14(6-15)9-23-8-11-1-3-12(4-2-11)17(19)20/h1-6H,7-10H2,(H2,19,20). The first-order valence-corrected chi connectivity index (χ1v) is 8.27. The van der Waals surface area contributed by atoms with Crippen molar-refractivity contribution in [1.82, 2.24) is 0 Å². The minimum atomic E-state index is -0.435. The summed E-state index contributed by atoms with van der Waals surface area (Å²) in [6.07, 6.45) is 0. The van der Waals surface area contributed by atoms with Crippen LogP contribution in [-0.4, -0.2) is 12.7 Å². The number of halogens is 1. The highest BCUT2D eigenvalue weighted by Crippen LogP contribution is 2.32. The molecule has 3 rings (SSSR count). The van der Waals surface area contributed by atoms with E-state index in [0.29, 0.717) is 17.9 Å². The van der Waals surface area contributed by atoms with Gasteiger partial charge < -0.3 is 15.2 Å². The second-order valence-electron chi connectivity index (χ2n) is 5.22. The van der Waals surface area contributed by atoms with Crippen molar-refractivity contribution in [3.8, 4) is 5.75 Å². The number of amides is 1. The Morgan fingerprint density at radius 3 is 2.74 bits per heavy atom. The molecular weight excluding hydrogens is 317 g/mol. The van der Waals surface area contributed by atoms with Gasteiger partial charge in [0.1, 0.15) is 11.6 Å².